The smallest absolute Gasteiger partial charge is 0.214 e. The van der Waals surface area contributed by atoms with Gasteiger partial charge in [-0.2, -0.15) is 0 Å². The zero-order valence-corrected chi connectivity index (χ0v) is 16.2. The maximum Gasteiger partial charge on any atom is 0.214 e. The molecule has 1 saturated carbocycles. The van der Waals surface area contributed by atoms with Crippen LogP contribution in [0.4, 0.5) is 0 Å². The number of aliphatic imine (C=N–C) groups is 1. The highest BCUT2D eigenvalue weighted by atomic mass is 32.1. The van der Waals surface area contributed by atoms with Gasteiger partial charge >= 0.3 is 0 Å². The van der Waals surface area contributed by atoms with Crippen LogP contribution in [0.3, 0.4) is 0 Å². The Bertz CT molecular complexity index is 680. The summed E-state index contributed by atoms with van der Waals surface area (Å²) in [4.78, 5) is 10.3. The summed E-state index contributed by atoms with van der Waals surface area (Å²) in [6, 6.07) is 4.45. The van der Waals surface area contributed by atoms with Crippen molar-refractivity contribution in [2.75, 3.05) is 13.6 Å². The average Bonchev–Trinajstić information content (AvgIpc) is 3.27. The number of guanidine groups is 1. The molecule has 136 valence electrons. The molecule has 0 amide bonds. The standard InChI is InChI=1S/C19H28N4OS/c1-14-15(2)24-17(23-14)12-21-18(20-3)22-13-19(9-5-4-6-10-19)16-8-7-11-25-16/h7-8,11H,4-6,9-10,12-13H2,1-3H3,(H2,20,21,22). The molecule has 2 N–H and O–H groups in total. The van der Waals surface area contributed by atoms with E-state index in [4.69, 9.17) is 4.42 Å². The van der Waals surface area contributed by atoms with Crippen LogP contribution >= 0.6 is 11.3 Å². The van der Waals surface area contributed by atoms with Gasteiger partial charge in [-0.1, -0.05) is 25.3 Å². The van der Waals surface area contributed by atoms with E-state index >= 15 is 0 Å². The SMILES string of the molecule is CN=C(NCc1nc(C)c(C)o1)NCC1(c2cccs2)CCCCC1. The Balaban J connectivity index is 1.61. The lowest BCUT2D eigenvalue weighted by Crippen LogP contribution is -2.46. The second-order valence-electron chi connectivity index (χ2n) is 6.85. The van der Waals surface area contributed by atoms with Gasteiger partial charge in [0.15, 0.2) is 5.96 Å². The lowest BCUT2D eigenvalue weighted by Gasteiger charge is -2.37. The highest BCUT2D eigenvalue weighted by Crippen LogP contribution is 2.41. The molecule has 2 heterocycles. The molecule has 0 aromatic carbocycles. The molecule has 0 radical (unpaired) electrons. The summed E-state index contributed by atoms with van der Waals surface area (Å²) in [6.45, 7) is 5.35. The molecule has 0 unspecified atom stereocenters. The fourth-order valence-electron chi connectivity index (χ4n) is 3.57. The van der Waals surface area contributed by atoms with Gasteiger partial charge in [0, 0.05) is 23.9 Å². The molecule has 2 aromatic rings. The maximum atomic E-state index is 5.63. The third-order valence-corrected chi connectivity index (χ3v) is 6.27. The fourth-order valence-corrected chi connectivity index (χ4v) is 4.55. The van der Waals surface area contributed by atoms with Crippen LogP contribution < -0.4 is 10.6 Å². The predicted octanol–water partition coefficient (Wildman–Crippen LogP) is 3.92. The minimum Gasteiger partial charge on any atom is -0.444 e. The van der Waals surface area contributed by atoms with Crippen molar-refractivity contribution >= 4 is 17.3 Å². The monoisotopic (exact) mass is 360 g/mol. The van der Waals surface area contributed by atoms with Crippen molar-refractivity contribution in [3.63, 3.8) is 0 Å². The first-order chi connectivity index (χ1) is 12.1. The Hall–Kier alpha value is -1.82. The molecule has 0 atom stereocenters. The third kappa shape index (κ3) is 4.24. The highest BCUT2D eigenvalue weighted by molar-refractivity contribution is 7.10. The first kappa shape index (κ1) is 18.0. The van der Waals surface area contributed by atoms with Crippen molar-refractivity contribution in [1.82, 2.24) is 15.6 Å². The van der Waals surface area contributed by atoms with Gasteiger partial charge in [-0.25, -0.2) is 4.98 Å². The Morgan fingerprint density at radius 2 is 2.08 bits per heavy atom. The van der Waals surface area contributed by atoms with Crippen molar-refractivity contribution < 1.29 is 4.42 Å². The van der Waals surface area contributed by atoms with E-state index in [0.717, 1.165) is 24.0 Å². The van der Waals surface area contributed by atoms with Crippen LogP contribution in [0.1, 0.15) is 54.3 Å². The van der Waals surface area contributed by atoms with Gasteiger partial charge in [0.2, 0.25) is 5.89 Å². The highest BCUT2D eigenvalue weighted by Gasteiger charge is 2.34. The van der Waals surface area contributed by atoms with Crippen LogP contribution in [0.15, 0.2) is 26.9 Å². The zero-order chi connectivity index (χ0) is 17.7. The average molecular weight is 361 g/mol. The molecule has 25 heavy (non-hydrogen) atoms. The van der Waals surface area contributed by atoms with Gasteiger partial charge in [0.25, 0.3) is 0 Å². The quantitative estimate of drug-likeness (QED) is 0.627. The second-order valence-corrected chi connectivity index (χ2v) is 7.79. The van der Waals surface area contributed by atoms with Gasteiger partial charge in [-0.05, 0) is 38.1 Å². The number of hydrogen-bond donors (Lipinski definition) is 2. The van der Waals surface area contributed by atoms with Gasteiger partial charge < -0.3 is 15.1 Å². The minimum atomic E-state index is 0.236. The number of aryl methyl sites for hydroxylation is 2. The van der Waals surface area contributed by atoms with Crippen molar-refractivity contribution in [3.8, 4) is 0 Å². The molecule has 3 rings (SSSR count). The normalized spacial score (nSPS) is 17.5. The van der Waals surface area contributed by atoms with E-state index in [1.807, 2.05) is 25.2 Å². The number of oxazole rings is 1. The number of aromatic nitrogens is 1. The van der Waals surface area contributed by atoms with Crippen LogP contribution in [-0.4, -0.2) is 24.5 Å². The molecule has 6 heteroatoms. The van der Waals surface area contributed by atoms with E-state index < -0.39 is 0 Å². The predicted molar refractivity (Wildman–Crippen MR) is 103 cm³/mol. The summed E-state index contributed by atoms with van der Waals surface area (Å²) >= 11 is 1.88. The van der Waals surface area contributed by atoms with E-state index in [1.165, 1.54) is 37.0 Å². The fraction of sp³-hybridized carbons (Fsp3) is 0.579. The van der Waals surface area contributed by atoms with Crippen LogP contribution in [0.5, 0.6) is 0 Å². The zero-order valence-electron chi connectivity index (χ0n) is 15.4. The van der Waals surface area contributed by atoms with Crippen LogP contribution in [0.2, 0.25) is 0 Å². The van der Waals surface area contributed by atoms with Gasteiger partial charge in [-0.15, -0.1) is 11.3 Å². The van der Waals surface area contributed by atoms with Crippen LogP contribution in [-0.2, 0) is 12.0 Å². The van der Waals surface area contributed by atoms with Crippen LogP contribution in [0, 0.1) is 13.8 Å². The largest absolute Gasteiger partial charge is 0.444 e. The van der Waals surface area contributed by atoms with Crippen LogP contribution in [0.25, 0.3) is 0 Å². The first-order valence-electron chi connectivity index (χ1n) is 9.04. The molecule has 2 aromatic heterocycles. The Labute approximate surface area is 154 Å². The van der Waals surface area contributed by atoms with E-state index in [9.17, 15) is 0 Å². The molecule has 0 aliphatic heterocycles. The lowest BCUT2D eigenvalue weighted by molar-refractivity contribution is 0.296. The molecule has 1 aliphatic carbocycles. The van der Waals surface area contributed by atoms with Gasteiger partial charge in [0.05, 0.1) is 12.2 Å². The van der Waals surface area contributed by atoms with Crippen molar-refractivity contribution in [2.24, 2.45) is 4.99 Å². The van der Waals surface area contributed by atoms with Crippen molar-refractivity contribution in [2.45, 2.75) is 57.9 Å². The molecular formula is C19H28N4OS. The van der Waals surface area contributed by atoms with E-state index in [1.54, 1.807) is 7.05 Å². The Morgan fingerprint density at radius 1 is 1.28 bits per heavy atom. The molecule has 0 bridgehead atoms. The van der Waals surface area contributed by atoms with Crippen molar-refractivity contribution in [1.29, 1.82) is 0 Å². The second kappa shape index (κ2) is 8.04. The summed E-state index contributed by atoms with van der Waals surface area (Å²) < 4.78 is 5.63. The summed E-state index contributed by atoms with van der Waals surface area (Å²) in [5.74, 6) is 2.37. The number of hydrogen-bond acceptors (Lipinski definition) is 4. The number of nitrogens with zero attached hydrogens (tertiary/aromatic N) is 2. The lowest BCUT2D eigenvalue weighted by atomic mass is 9.73. The minimum absolute atomic E-state index is 0.236. The summed E-state index contributed by atoms with van der Waals surface area (Å²) in [6.07, 6.45) is 6.45. The Morgan fingerprint density at radius 3 is 2.68 bits per heavy atom. The summed E-state index contributed by atoms with van der Waals surface area (Å²) in [5.41, 5.74) is 1.18. The van der Waals surface area contributed by atoms with E-state index in [0.29, 0.717) is 12.4 Å². The van der Waals surface area contributed by atoms with E-state index in [-0.39, 0.29) is 5.41 Å². The first-order valence-corrected chi connectivity index (χ1v) is 9.92. The molecule has 0 saturated heterocycles. The van der Waals surface area contributed by atoms with Crippen molar-refractivity contribution in [3.05, 3.63) is 39.7 Å². The third-order valence-electron chi connectivity index (χ3n) is 5.15. The van der Waals surface area contributed by atoms with E-state index in [2.05, 4.69) is 38.1 Å². The summed E-state index contributed by atoms with van der Waals surface area (Å²) in [7, 11) is 1.81. The molecule has 5 nitrogen and oxygen atoms in total. The Kier molecular flexibility index (Phi) is 5.78. The maximum absolute atomic E-state index is 5.63. The number of nitrogens with one attached hydrogen (secondary N) is 2. The van der Waals surface area contributed by atoms with Gasteiger partial charge in [-0.3, -0.25) is 4.99 Å². The number of rotatable bonds is 5. The molecular weight excluding hydrogens is 332 g/mol. The topological polar surface area (TPSA) is 62.5 Å². The number of thiophene rings is 1. The molecule has 1 fully saturated rings. The summed E-state index contributed by atoms with van der Waals surface area (Å²) in [5, 5.41) is 9.04. The molecule has 1 aliphatic rings. The van der Waals surface area contributed by atoms with Gasteiger partial charge in [0.1, 0.15) is 5.76 Å². The molecule has 0 spiro atoms.